The summed E-state index contributed by atoms with van der Waals surface area (Å²) in [7, 11) is 1.42. The molecule has 3 heterocycles. The van der Waals surface area contributed by atoms with E-state index in [0.29, 0.717) is 0 Å². The molecule has 0 saturated heterocycles. The summed E-state index contributed by atoms with van der Waals surface area (Å²) in [5.74, 6) is 0.517. The number of rotatable bonds is 2. The molecule has 0 radical (unpaired) electrons. The van der Waals surface area contributed by atoms with E-state index in [-0.39, 0.29) is 17.9 Å². The third-order valence-electron chi connectivity index (χ3n) is 4.65. The zero-order valence-electron chi connectivity index (χ0n) is 13.0. The summed E-state index contributed by atoms with van der Waals surface area (Å²) in [4.78, 5) is 15.7. The number of fused-ring (bicyclic) bond motifs is 3. The minimum Gasteiger partial charge on any atom is -0.468 e. The molecule has 0 fully saturated rings. The maximum atomic E-state index is 12.2. The molecule has 3 atom stereocenters. The van der Waals surface area contributed by atoms with Crippen LogP contribution in [0.25, 0.3) is 10.9 Å². The third-order valence-corrected chi connectivity index (χ3v) is 4.65. The lowest BCUT2D eigenvalue weighted by atomic mass is 9.84. The maximum Gasteiger partial charge on any atom is 0.323 e. The highest BCUT2D eigenvalue weighted by atomic mass is 16.5. The van der Waals surface area contributed by atoms with E-state index in [9.17, 15) is 4.79 Å². The summed E-state index contributed by atoms with van der Waals surface area (Å²) in [6.45, 7) is 2.05. The smallest absolute Gasteiger partial charge is 0.323 e. The summed E-state index contributed by atoms with van der Waals surface area (Å²) in [6, 6.07) is 11.3. The van der Waals surface area contributed by atoms with Crippen molar-refractivity contribution in [2.75, 3.05) is 7.11 Å². The minimum atomic E-state index is -0.415. The molecule has 118 valence electrons. The molecule has 5 heteroatoms. The van der Waals surface area contributed by atoms with Crippen molar-refractivity contribution in [1.82, 2.24) is 10.3 Å². The number of hydrogen-bond donors (Lipinski definition) is 2. The van der Waals surface area contributed by atoms with Crippen LogP contribution in [0.15, 0.2) is 47.1 Å². The molecule has 2 N–H and O–H groups in total. The molecule has 1 aliphatic heterocycles. The van der Waals surface area contributed by atoms with Gasteiger partial charge < -0.3 is 14.1 Å². The van der Waals surface area contributed by atoms with E-state index >= 15 is 0 Å². The summed E-state index contributed by atoms with van der Waals surface area (Å²) >= 11 is 0. The van der Waals surface area contributed by atoms with Crippen LogP contribution < -0.4 is 5.32 Å². The van der Waals surface area contributed by atoms with Crippen LogP contribution in [0.3, 0.4) is 0 Å². The van der Waals surface area contributed by atoms with Crippen LogP contribution in [0.1, 0.15) is 35.9 Å². The number of carbonyl (C=O) groups is 1. The predicted molar refractivity (Wildman–Crippen MR) is 86.2 cm³/mol. The molecular weight excluding hydrogens is 292 g/mol. The summed E-state index contributed by atoms with van der Waals surface area (Å²) in [5, 5.41) is 4.51. The number of benzene rings is 1. The Morgan fingerprint density at radius 3 is 2.78 bits per heavy atom. The van der Waals surface area contributed by atoms with Gasteiger partial charge >= 0.3 is 5.97 Å². The second kappa shape index (κ2) is 5.28. The Labute approximate surface area is 133 Å². The van der Waals surface area contributed by atoms with E-state index in [0.717, 1.165) is 27.9 Å². The number of aromatic nitrogens is 1. The number of H-pyrrole nitrogens is 1. The number of methoxy groups -OCH3 is 1. The van der Waals surface area contributed by atoms with Gasteiger partial charge in [0, 0.05) is 22.5 Å². The van der Waals surface area contributed by atoms with Gasteiger partial charge in [-0.1, -0.05) is 25.1 Å². The first-order valence-corrected chi connectivity index (χ1v) is 7.68. The van der Waals surface area contributed by atoms with Crippen molar-refractivity contribution in [3.8, 4) is 0 Å². The largest absolute Gasteiger partial charge is 0.468 e. The lowest BCUT2D eigenvalue weighted by molar-refractivity contribution is -0.144. The zero-order valence-corrected chi connectivity index (χ0v) is 13.0. The Hall–Kier alpha value is -2.53. The van der Waals surface area contributed by atoms with Gasteiger partial charge in [0.05, 0.1) is 13.4 Å². The summed E-state index contributed by atoms with van der Waals surface area (Å²) in [5.41, 5.74) is 3.26. The van der Waals surface area contributed by atoms with E-state index in [1.165, 1.54) is 7.11 Å². The number of carbonyl (C=O) groups excluding carboxylic acids is 1. The Balaban J connectivity index is 1.93. The number of aromatic amines is 1. The normalized spacial score (nSPS) is 23.7. The van der Waals surface area contributed by atoms with Gasteiger partial charge in [-0.05, 0) is 23.8 Å². The number of ether oxygens (including phenoxy) is 1. The lowest BCUT2D eigenvalue weighted by Gasteiger charge is -2.33. The van der Waals surface area contributed by atoms with Gasteiger partial charge in [-0.2, -0.15) is 0 Å². The highest BCUT2D eigenvalue weighted by molar-refractivity contribution is 5.88. The fraction of sp³-hybridized carbons (Fsp3) is 0.278. The average molecular weight is 310 g/mol. The first-order valence-electron chi connectivity index (χ1n) is 7.68. The van der Waals surface area contributed by atoms with Crippen molar-refractivity contribution in [2.24, 2.45) is 0 Å². The molecule has 5 nitrogen and oxygen atoms in total. The maximum absolute atomic E-state index is 12.2. The molecule has 0 amide bonds. The highest BCUT2D eigenvalue weighted by Crippen LogP contribution is 2.41. The monoisotopic (exact) mass is 310 g/mol. The average Bonchev–Trinajstić information content (AvgIpc) is 3.22. The van der Waals surface area contributed by atoms with E-state index in [2.05, 4.69) is 16.4 Å². The van der Waals surface area contributed by atoms with Crippen molar-refractivity contribution in [2.45, 2.75) is 24.9 Å². The second-order valence-electron chi connectivity index (χ2n) is 5.90. The number of hydrogen-bond acceptors (Lipinski definition) is 4. The SMILES string of the molecule is COC(=O)[C@H]1NC(c2ccco2)c2[nH]c3ccccc3c2[C@H]1C. The molecular formula is C18H18N2O3. The Morgan fingerprint density at radius 1 is 1.22 bits per heavy atom. The fourth-order valence-corrected chi connectivity index (χ4v) is 3.56. The van der Waals surface area contributed by atoms with E-state index in [1.807, 2.05) is 37.3 Å². The predicted octanol–water partition coefficient (Wildman–Crippen LogP) is 3.10. The molecule has 1 aromatic carbocycles. The standard InChI is InChI=1S/C18H18N2O3/c1-10-14-11-6-3-4-7-12(11)19-17(14)16(13-8-5-9-23-13)20-15(10)18(21)22-2/h3-10,15-16,19-20H,1-2H3/t10-,15+,16?/m1/s1. The van der Waals surface area contributed by atoms with Gasteiger partial charge in [0.25, 0.3) is 0 Å². The third kappa shape index (κ3) is 2.08. The number of para-hydroxylation sites is 1. The Bertz CT molecular complexity index is 850. The van der Waals surface area contributed by atoms with Gasteiger partial charge in [0.15, 0.2) is 0 Å². The molecule has 0 spiro atoms. The number of nitrogens with one attached hydrogen (secondary N) is 2. The molecule has 2 aromatic heterocycles. The summed E-state index contributed by atoms with van der Waals surface area (Å²) < 4.78 is 10.6. The van der Waals surface area contributed by atoms with E-state index in [1.54, 1.807) is 6.26 Å². The zero-order chi connectivity index (χ0) is 16.0. The number of furan rings is 1. The summed E-state index contributed by atoms with van der Waals surface area (Å²) in [6.07, 6.45) is 1.64. The van der Waals surface area contributed by atoms with Gasteiger partial charge in [0.1, 0.15) is 17.8 Å². The molecule has 0 aliphatic carbocycles. The second-order valence-corrected chi connectivity index (χ2v) is 5.90. The van der Waals surface area contributed by atoms with Crippen LogP contribution in [0, 0.1) is 0 Å². The van der Waals surface area contributed by atoms with Gasteiger partial charge in [-0.3, -0.25) is 10.1 Å². The molecule has 0 bridgehead atoms. The van der Waals surface area contributed by atoms with Crippen LogP contribution >= 0.6 is 0 Å². The van der Waals surface area contributed by atoms with Crippen molar-refractivity contribution >= 4 is 16.9 Å². The van der Waals surface area contributed by atoms with E-state index < -0.39 is 6.04 Å². The Kier molecular flexibility index (Phi) is 3.23. The first-order chi connectivity index (χ1) is 11.2. The first kappa shape index (κ1) is 14.1. The van der Waals surface area contributed by atoms with Gasteiger partial charge in [0.2, 0.25) is 0 Å². The molecule has 23 heavy (non-hydrogen) atoms. The lowest BCUT2D eigenvalue weighted by Crippen LogP contribution is -2.47. The molecule has 1 unspecified atom stereocenters. The quantitative estimate of drug-likeness (QED) is 0.714. The van der Waals surface area contributed by atoms with Crippen LogP contribution in [0.4, 0.5) is 0 Å². The van der Waals surface area contributed by atoms with Crippen molar-refractivity contribution in [3.63, 3.8) is 0 Å². The van der Waals surface area contributed by atoms with Crippen molar-refractivity contribution < 1.29 is 13.9 Å². The van der Waals surface area contributed by atoms with E-state index in [4.69, 9.17) is 9.15 Å². The topological polar surface area (TPSA) is 67.3 Å². The Morgan fingerprint density at radius 2 is 2.04 bits per heavy atom. The molecule has 3 aromatic rings. The van der Waals surface area contributed by atoms with Crippen LogP contribution in [-0.4, -0.2) is 24.1 Å². The van der Waals surface area contributed by atoms with Crippen molar-refractivity contribution in [3.05, 3.63) is 59.7 Å². The number of esters is 1. The minimum absolute atomic E-state index is 0.000174. The molecule has 0 saturated carbocycles. The van der Waals surface area contributed by atoms with Gasteiger partial charge in [-0.15, -0.1) is 0 Å². The van der Waals surface area contributed by atoms with Crippen molar-refractivity contribution in [1.29, 1.82) is 0 Å². The fourth-order valence-electron chi connectivity index (χ4n) is 3.56. The van der Waals surface area contributed by atoms with Gasteiger partial charge in [-0.25, -0.2) is 0 Å². The molecule has 4 rings (SSSR count). The molecule has 1 aliphatic rings. The highest BCUT2D eigenvalue weighted by Gasteiger charge is 2.40. The van der Waals surface area contributed by atoms with Crippen LogP contribution in [0.2, 0.25) is 0 Å². The van der Waals surface area contributed by atoms with Crippen LogP contribution in [0.5, 0.6) is 0 Å². The van der Waals surface area contributed by atoms with Crippen LogP contribution in [-0.2, 0) is 9.53 Å².